The fourth-order valence-electron chi connectivity index (χ4n) is 3.99. The van der Waals surface area contributed by atoms with Gasteiger partial charge in [0.2, 0.25) is 0 Å². The van der Waals surface area contributed by atoms with E-state index in [1.165, 1.54) is 0 Å². The molecule has 154 valence electrons. The molecular formula is C24H25N3O3. The van der Waals surface area contributed by atoms with Crippen molar-refractivity contribution >= 4 is 11.6 Å². The third-order valence-corrected chi connectivity index (χ3v) is 5.61. The number of carbonyl (C=O) groups excluding carboxylic acids is 1. The van der Waals surface area contributed by atoms with Crippen molar-refractivity contribution in [1.82, 2.24) is 10.2 Å². The van der Waals surface area contributed by atoms with Crippen LogP contribution in [-0.2, 0) is 19.3 Å². The average Bonchev–Trinajstić information content (AvgIpc) is 2.77. The van der Waals surface area contributed by atoms with Crippen LogP contribution in [0.25, 0.3) is 0 Å². The van der Waals surface area contributed by atoms with Gasteiger partial charge < -0.3 is 10.1 Å². The van der Waals surface area contributed by atoms with Gasteiger partial charge in [-0.05, 0) is 67.5 Å². The van der Waals surface area contributed by atoms with Gasteiger partial charge in [0.05, 0.1) is 12.8 Å². The van der Waals surface area contributed by atoms with Crippen LogP contribution in [0.4, 0.5) is 5.69 Å². The van der Waals surface area contributed by atoms with Crippen molar-refractivity contribution in [3.05, 3.63) is 86.3 Å². The van der Waals surface area contributed by atoms with Gasteiger partial charge in [-0.15, -0.1) is 0 Å². The Morgan fingerprint density at radius 2 is 1.93 bits per heavy atom. The summed E-state index contributed by atoms with van der Waals surface area (Å²) in [6.45, 7) is 1.96. The van der Waals surface area contributed by atoms with Crippen LogP contribution >= 0.6 is 0 Å². The molecule has 1 amide bonds. The Bertz CT molecular complexity index is 1150. The number of amides is 1. The molecule has 30 heavy (non-hydrogen) atoms. The minimum absolute atomic E-state index is 0.0740. The van der Waals surface area contributed by atoms with E-state index in [9.17, 15) is 9.59 Å². The predicted molar refractivity (Wildman–Crippen MR) is 116 cm³/mol. The van der Waals surface area contributed by atoms with E-state index in [1.54, 1.807) is 13.2 Å². The van der Waals surface area contributed by atoms with Gasteiger partial charge in [0, 0.05) is 29.3 Å². The fourth-order valence-corrected chi connectivity index (χ4v) is 3.99. The molecule has 0 bridgehead atoms. The molecule has 0 fully saturated rings. The predicted octanol–water partition coefficient (Wildman–Crippen LogP) is 3.81. The number of nitrogens with zero attached hydrogens (tertiary/aromatic N) is 1. The quantitative estimate of drug-likeness (QED) is 0.679. The average molecular weight is 403 g/mol. The summed E-state index contributed by atoms with van der Waals surface area (Å²) in [5, 5.41) is 9.87. The van der Waals surface area contributed by atoms with Crippen LogP contribution in [0.3, 0.4) is 0 Å². The molecule has 2 aromatic carbocycles. The zero-order chi connectivity index (χ0) is 21.1. The van der Waals surface area contributed by atoms with Gasteiger partial charge in [-0.3, -0.25) is 9.59 Å². The number of benzene rings is 2. The van der Waals surface area contributed by atoms with Crippen LogP contribution in [0, 0.1) is 6.92 Å². The molecule has 1 aromatic heterocycles. The van der Waals surface area contributed by atoms with Gasteiger partial charge in [-0.2, -0.15) is 5.10 Å². The minimum Gasteiger partial charge on any atom is -0.496 e. The Labute approximate surface area is 175 Å². The molecule has 6 nitrogen and oxygen atoms in total. The van der Waals surface area contributed by atoms with Crippen LogP contribution < -0.4 is 15.6 Å². The first-order chi connectivity index (χ1) is 14.5. The van der Waals surface area contributed by atoms with Crippen molar-refractivity contribution in [2.45, 2.75) is 39.0 Å². The number of nitrogens with one attached hydrogen (secondary N) is 2. The summed E-state index contributed by atoms with van der Waals surface area (Å²) in [6, 6.07) is 13.1. The zero-order valence-corrected chi connectivity index (χ0v) is 17.2. The summed E-state index contributed by atoms with van der Waals surface area (Å²) in [5.41, 5.74) is 6.01. The van der Waals surface area contributed by atoms with E-state index in [0.717, 1.165) is 59.4 Å². The van der Waals surface area contributed by atoms with Crippen LogP contribution in [0.2, 0.25) is 0 Å². The molecular weight excluding hydrogens is 378 g/mol. The molecule has 0 saturated carbocycles. The summed E-state index contributed by atoms with van der Waals surface area (Å²) in [7, 11) is 1.61. The maximum Gasteiger partial charge on any atom is 0.267 e. The van der Waals surface area contributed by atoms with E-state index in [1.807, 2.05) is 43.3 Å². The first-order valence-corrected chi connectivity index (χ1v) is 10.2. The molecule has 2 N–H and O–H groups in total. The number of aromatic amines is 1. The molecule has 0 atom stereocenters. The Morgan fingerprint density at radius 1 is 1.13 bits per heavy atom. The standard InChI is InChI=1S/C24H25N3O3/c1-15-10-11-18(14-22(15)30-2)25-23(28)17-7-5-6-16(12-17)13-21-19-8-3-4-9-20(19)24(29)27-26-21/h5-7,10-12,14H,3-4,8-9,13H2,1-2H3,(H,25,28)(H,27,29). The number of hydrogen-bond donors (Lipinski definition) is 2. The van der Waals surface area contributed by atoms with E-state index in [2.05, 4.69) is 15.5 Å². The molecule has 3 aromatic rings. The second-order valence-electron chi connectivity index (χ2n) is 7.68. The normalized spacial score (nSPS) is 12.9. The molecule has 4 rings (SSSR count). The van der Waals surface area contributed by atoms with Gasteiger partial charge >= 0.3 is 0 Å². The van der Waals surface area contributed by atoms with Crippen molar-refractivity contribution in [2.24, 2.45) is 0 Å². The van der Waals surface area contributed by atoms with Gasteiger partial charge in [0.25, 0.3) is 11.5 Å². The van der Waals surface area contributed by atoms with Crippen molar-refractivity contribution in [3.63, 3.8) is 0 Å². The SMILES string of the molecule is COc1cc(NC(=O)c2cccc(Cc3n[nH]c(=O)c4c3CCCC4)c2)ccc1C. The van der Waals surface area contributed by atoms with Crippen molar-refractivity contribution in [3.8, 4) is 5.75 Å². The summed E-state index contributed by atoms with van der Waals surface area (Å²) < 4.78 is 5.33. The number of carbonyl (C=O) groups is 1. The number of H-pyrrole nitrogens is 1. The minimum atomic E-state index is -0.181. The summed E-state index contributed by atoms with van der Waals surface area (Å²) in [4.78, 5) is 24.8. The molecule has 1 heterocycles. The molecule has 0 unspecified atom stereocenters. The number of ether oxygens (including phenoxy) is 1. The van der Waals surface area contributed by atoms with Gasteiger partial charge in [0.1, 0.15) is 5.75 Å². The summed E-state index contributed by atoms with van der Waals surface area (Å²) >= 11 is 0. The maximum atomic E-state index is 12.8. The van der Waals surface area contributed by atoms with Gasteiger partial charge in [-0.25, -0.2) is 5.10 Å². The molecule has 1 aliphatic carbocycles. The lowest BCUT2D eigenvalue weighted by atomic mass is 9.90. The Balaban J connectivity index is 1.55. The van der Waals surface area contributed by atoms with E-state index < -0.39 is 0 Å². The third-order valence-electron chi connectivity index (χ3n) is 5.61. The third kappa shape index (κ3) is 4.13. The van der Waals surface area contributed by atoms with Crippen LogP contribution in [0.5, 0.6) is 5.75 Å². The van der Waals surface area contributed by atoms with Crippen LogP contribution in [0.15, 0.2) is 47.3 Å². The van der Waals surface area contributed by atoms with E-state index >= 15 is 0 Å². The van der Waals surface area contributed by atoms with E-state index in [-0.39, 0.29) is 11.5 Å². The molecule has 0 radical (unpaired) electrons. The first-order valence-electron chi connectivity index (χ1n) is 10.2. The summed E-state index contributed by atoms with van der Waals surface area (Å²) in [6.07, 6.45) is 4.39. The second-order valence-corrected chi connectivity index (χ2v) is 7.68. The van der Waals surface area contributed by atoms with Crippen LogP contribution in [0.1, 0.15) is 51.1 Å². The molecule has 0 saturated heterocycles. The van der Waals surface area contributed by atoms with Crippen molar-refractivity contribution in [2.75, 3.05) is 12.4 Å². The van der Waals surface area contributed by atoms with Crippen LogP contribution in [-0.4, -0.2) is 23.2 Å². The molecule has 6 heteroatoms. The van der Waals surface area contributed by atoms with Crippen molar-refractivity contribution < 1.29 is 9.53 Å². The topological polar surface area (TPSA) is 84.1 Å². The number of hydrogen-bond acceptors (Lipinski definition) is 4. The van der Waals surface area contributed by atoms with Gasteiger partial charge in [-0.1, -0.05) is 18.2 Å². The Morgan fingerprint density at radius 3 is 2.73 bits per heavy atom. The highest BCUT2D eigenvalue weighted by molar-refractivity contribution is 6.04. The van der Waals surface area contributed by atoms with E-state index in [4.69, 9.17) is 4.74 Å². The highest BCUT2D eigenvalue weighted by Crippen LogP contribution is 2.24. The monoisotopic (exact) mass is 403 g/mol. The molecule has 1 aliphatic rings. The maximum absolute atomic E-state index is 12.8. The highest BCUT2D eigenvalue weighted by Gasteiger charge is 2.18. The first kappa shape index (κ1) is 19.9. The fraction of sp³-hybridized carbons (Fsp3) is 0.292. The number of rotatable bonds is 5. The number of fused-ring (bicyclic) bond motifs is 1. The van der Waals surface area contributed by atoms with Crippen molar-refractivity contribution in [1.29, 1.82) is 0 Å². The highest BCUT2D eigenvalue weighted by atomic mass is 16.5. The Hall–Kier alpha value is -3.41. The second kappa shape index (κ2) is 8.53. The van der Waals surface area contributed by atoms with E-state index in [0.29, 0.717) is 17.7 Å². The lowest BCUT2D eigenvalue weighted by Crippen LogP contribution is -2.23. The number of methoxy groups -OCH3 is 1. The Kier molecular flexibility index (Phi) is 5.65. The molecule has 0 aliphatic heterocycles. The van der Waals surface area contributed by atoms with Gasteiger partial charge in [0.15, 0.2) is 0 Å². The number of aromatic nitrogens is 2. The summed E-state index contributed by atoms with van der Waals surface area (Å²) in [5.74, 6) is 0.551. The zero-order valence-electron chi connectivity index (χ0n) is 17.2. The lowest BCUT2D eigenvalue weighted by Gasteiger charge is -2.17. The number of anilines is 1. The largest absolute Gasteiger partial charge is 0.496 e. The smallest absolute Gasteiger partial charge is 0.267 e. The molecule has 0 spiro atoms. The number of aryl methyl sites for hydroxylation is 1. The lowest BCUT2D eigenvalue weighted by molar-refractivity contribution is 0.102.